The molecule has 0 saturated heterocycles. The minimum absolute atomic E-state index is 0.483. The summed E-state index contributed by atoms with van der Waals surface area (Å²) in [6.07, 6.45) is 4.79. The van der Waals surface area contributed by atoms with E-state index in [0.29, 0.717) is 5.11 Å². The van der Waals surface area contributed by atoms with Gasteiger partial charge in [0.2, 0.25) is 0 Å². The number of nitrogens with one attached hydrogen (secondary N) is 2. The van der Waals surface area contributed by atoms with Crippen molar-refractivity contribution in [3.8, 4) is 0 Å². The van der Waals surface area contributed by atoms with Gasteiger partial charge in [-0.1, -0.05) is 55.0 Å². The maximum atomic E-state index is 5.41. The third-order valence-electron chi connectivity index (χ3n) is 4.68. The fraction of sp³-hybridized carbons (Fsp3) is 0.217. The lowest BCUT2D eigenvalue weighted by Crippen LogP contribution is -2.25. The van der Waals surface area contributed by atoms with E-state index in [1.54, 1.807) is 6.21 Å². The minimum Gasteiger partial charge on any atom is -0.342 e. The predicted molar refractivity (Wildman–Crippen MR) is 122 cm³/mol. The van der Waals surface area contributed by atoms with Crippen LogP contribution in [0, 0.1) is 13.8 Å². The number of aryl methyl sites for hydroxylation is 3. The van der Waals surface area contributed by atoms with Crippen molar-refractivity contribution in [2.45, 2.75) is 33.7 Å². The molecule has 1 aromatic heterocycles. The summed E-state index contributed by atoms with van der Waals surface area (Å²) in [6, 6.07) is 18.9. The van der Waals surface area contributed by atoms with Crippen LogP contribution in [0.3, 0.4) is 0 Å². The van der Waals surface area contributed by atoms with Crippen molar-refractivity contribution in [1.82, 2.24) is 9.99 Å². The molecule has 144 valence electrons. The molecule has 2 N–H and O–H groups in total. The Morgan fingerprint density at radius 3 is 2.61 bits per heavy atom. The van der Waals surface area contributed by atoms with Gasteiger partial charge < -0.3 is 9.88 Å². The molecule has 3 rings (SSSR count). The fourth-order valence-electron chi connectivity index (χ4n) is 3.08. The highest BCUT2D eigenvalue weighted by Gasteiger charge is 2.05. The Kier molecular flexibility index (Phi) is 6.61. The van der Waals surface area contributed by atoms with Gasteiger partial charge in [-0.15, -0.1) is 0 Å². The van der Waals surface area contributed by atoms with E-state index < -0.39 is 0 Å². The molecule has 0 saturated carbocycles. The molecule has 1 heterocycles. The minimum atomic E-state index is 0.483. The van der Waals surface area contributed by atoms with Crippen LogP contribution in [0.4, 0.5) is 5.69 Å². The normalized spacial score (nSPS) is 11.0. The second-order valence-electron chi connectivity index (χ2n) is 6.83. The lowest BCUT2D eigenvalue weighted by atomic mass is 10.1. The number of aromatic nitrogens is 1. The number of thiocarbonyl (C=S) groups is 1. The standard InChI is InChI=1S/C23H26N4S/c1-4-20-8-5-7-18(3)22(20)25-23(28)26-24-15-21-9-6-14-27(21)16-19-12-10-17(2)11-13-19/h5-15H,4,16H2,1-3H3,(H2,25,26,28)/b24-15+. The average molecular weight is 391 g/mol. The van der Waals surface area contributed by atoms with Crippen LogP contribution in [0.2, 0.25) is 0 Å². The zero-order valence-corrected chi connectivity index (χ0v) is 17.4. The monoisotopic (exact) mass is 390 g/mol. The van der Waals surface area contributed by atoms with Gasteiger partial charge in [0.05, 0.1) is 11.9 Å². The molecule has 28 heavy (non-hydrogen) atoms. The maximum absolute atomic E-state index is 5.41. The third kappa shape index (κ3) is 5.08. The molecule has 2 aromatic carbocycles. The zero-order valence-electron chi connectivity index (χ0n) is 16.6. The van der Waals surface area contributed by atoms with E-state index in [9.17, 15) is 0 Å². The van der Waals surface area contributed by atoms with Crippen LogP contribution in [-0.2, 0) is 13.0 Å². The Balaban J connectivity index is 1.62. The molecule has 3 aromatic rings. The molecule has 0 bridgehead atoms. The van der Waals surface area contributed by atoms with Crippen molar-refractivity contribution in [2.75, 3.05) is 5.32 Å². The van der Waals surface area contributed by atoms with Crippen LogP contribution in [0.15, 0.2) is 65.9 Å². The van der Waals surface area contributed by atoms with Crippen LogP contribution >= 0.6 is 12.2 Å². The zero-order chi connectivity index (χ0) is 19.9. The number of hydrazone groups is 1. The highest BCUT2D eigenvalue weighted by molar-refractivity contribution is 7.80. The van der Waals surface area contributed by atoms with Gasteiger partial charge in [-0.25, -0.2) is 0 Å². The van der Waals surface area contributed by atoms with Crippen molar-refractivity contribution >= 4 is 29.2 Å². The summed E-state index contributed by atoms with van der Waals surface area (Å²) in [4.78, 5) is 0. The Bertz CT molecular complexity index is 971. The second-order valence-corrected chi connectivity index (χ2v) is 7.24. The molecular formula is C23H26N4S. The molecule has 0 unspecified atom stereocenters. The predicted octanol–water partition coefficient (Wildman–Crippen LogP) is 5.04. The Labute approximate surface area is 172 Å². The number of benzene rings is 2. The van der Waals surface area contributed by atoms with E-state index in [1.165, 1.54) is 22.3 Å². The number of anilines is 1. The Morgan fingerprint density at radius 1 is 1.07 bits per heavy atom. The Hall–Kier alpha value is -2.92. The number of hydrogen-bond acceptors (Lipinski definition) is 2. The van der Waals surface area contributed by atoms with Gasteiger partial charge in [-0.3, -0.25) is 5.43 Å². The van der Waals surface area contributed by atoms with Crippen LogP contribution in [-0.4, -0.2) is 15.9 Å². The summed E-state index contributed by atoms with van der Waals surface area (Å²) in [5.74, 6) is 0. The molecule has 0 fully saturated rings. The molecule has 0 amide bonds. The first-order valence-electron chi connectivity index (χ1n) is 9.46. The molecule has 0 aliphatic rings. The lowest BCUT2D eigenvalue weighted by Gasteiger charge is -2.14. The van der Waals surface area contributed by atoms with Gasteiger partial charge >= 0.3 is 0 Å². The van der Waals surface area contributed by atoms with Crippen LogP contribution in [0.5, 0.6) is 0 Å². The van der Waals surface area contributed by atoms with Gasteiger partial charge in [0.15, 0.2) is 5.11 Å². The van der Waals surface area contributed by atoms with Crippen molar-refractivity contribution in [2.24, 2.45) is 5.10 Å². The topological polar surface area (TPSA) is 41.4 Å². The summed E-state index contributed by atoms with van der Waals surface area (Å²) in [7, 11) is 0. The van der Waals surface area contributed by atoms with Gasteiger partial charge in [0, 0.05) is 18.4 Å². The van der Waals surface area contributed by atoms with E-state index in [0.717, 1.165) is 24.3 Å². The highest BCUT2D eigenvalue weighted by atomic mass is 32.1. The fourth-order valence-corrected chi connectivity index (χ4v) is 3.23. The molecule has 5 heteroatoms. The number of nitrogens with zero attached hydrogens (tertiary/aromatic N) is 2. The maximum Gasteiger partial charge on any atom is 0.191 e. The highest BCUT2D eigenvalue weighted by Crippen LogP contribution is 2.20. The van der Waals surface area contributed by atoms with Crippen molar-refractivity contribution in [3.63, 3.8) is 0 Å². The number of rotatable bonds is 6. The third-order valence-corrected chi connectivity index (χ3v) is 4.87. The quantitative estimate of drug-likeness (QED) is 0.352. The van der Waals surface area contributed by atoms with E-state index >= 15 is 0 Å². The average Bonchev–Trinajstić information content (AvgIpc) is 3.12. The lowest BCUT2D eigenvalue weighted by molar-refractivity contribution is 0.798. The van der Waals surface area contributed by atoms with E-state index in [1.807, 2.05) is 12.1 Å². The van der Waals surface area contributed by atoms with Crippen molar-refractivity contribution in [1.29, 1.82) is 0 Å². The van der Waals surface area contributed by atoms with Gasteiger partial charge in [-0.05, 0) is 61.3 Å². The molecule has 0 atom stereocenters. The molecule has 0 aliphatic carbocycles. The summed E-state index contributed by atoms with van der Waals surface area (Å²) < 4.78 is 2.16. The van der Waals surface area contributed by atoms with Crippen LogP contribution < -0.4 is 10.7 Å². The summed E-state index contributed by atoms with van der Waals surface area (Å²) >= 11 is 5.41. The van der Waals surface area contributed by atoms with Crippen molar-refractivity contribution < 1.29 is 0 Å². The van der Waals surface area contributed by atoms with E-state index in [-0.39, 0.29) is 0 Å². The number of hydrogen-bond donors (Lipinski definition) is 2. The first-order chi connectivity index (χ1) is 13.6. The van der Waals surface area contributed by atoms with Gasteiger partial charge in [-0.2, -0.15) is 5.10 Å². The smallest absolute Gasteiger partial charge is 0.191 e. The van der Waals surface area contributed by atoms with Gasteiger partial charge in [0.25, 0.3) is 0 Å². The van der Waals surface area contributed by atoms with Gasteiger partial charge in [0.1, 0.15) is 0 Å². The largest absolute Gasteiger partial charge is 0.342 e. The van der Waals surface area contributed by atoms with E-state index in [4.69, 9.17) is 12.2 Å². The molecule has 0 radical (unpaired) electrons. The first kappa shape index (κ1) is 19.8. The second kappa shape index (κ2) is 9.33. The SMILES string of the molecule is CCc1cccc(C)c1NC(=S)N/N=C/c1cccn1Cc1ccc(C)cc1. The molecule has 0 spiro atoms. The summed E-state index contributed by atoms with van der Waals surface area (Å²) in [6.45, 7) is 7.11. The summed E-state index contributed by atoms with van der Waals surface area (Å²) in [5, 5.41) is 8.06. The number of para-hydroxylation sites is 1. The van der Waals surface area contributed by atoms with Crippen LogP contribution in [0.1, 0.15) is 34.9 Å². The van der Waals surface area contributed by atoms with E-state index in [2.05, 4.69) is 89.8 Å². The van der Waals surface area contributed by atoms with Crippen molar-refractivity contribution in [3.05, 3.63) is 88.7 Å². The molecular weight excluding hydrogens is 364 g/mol. The Morgan fingerprint density at radius 2 is 1.86 bits per heavy atom. The van der Waals surface area contributed by atoms with Crippen LogP contribution in [0.25, 0.3) is 0 Å². The molecule has 0 aliphatic heterocycles. The molecule has 4 nitrogen and oxygen atoms in total. The summed E-state index contributed by atoms with van der Waals surface area (Å²) in [5.41, 5.74) is 9.92. The first-order valence-corrected chi connectivity index (χ1v) is 9.87.